The minimum atomic E-state index is -1.49. The van der Waals surface area contributed by atoms with Gasteiger partial charge in [-0.25, -0.2) is 0 Å². The second-order valence-corrected chi connectivity index (χ2v) is 12.0. The first-order valence-electron chi connectivity index (χ1n) is 9.13. The van der Waals surface area contributed by atoms with Gasteiger partial charge in [0.2, 0.25) is 8.32 Å². The van der Waals surface area contributed by atoms with Crippen molar-refractivity contribution in [2.45, 2.75) is 71.0 Å². The van der Waals surface area contributed by atoms with E-state index in [0.717, 1.165) is 6.42 Å². The van der Waals surface area contributed by atoms with Crippen molar-refractivity contribution in [3.05, 3.63) is 59.4 Å². The van der Waals surface area contributed by atoms with E-state index in [1.54, 1.807) is 0 Å². The van der Waals surface area contributed by atoms with Crippen LogP contribution < -0.4 is 0 Å². The van der Waals surface area contributed by atoms with Crippen LogP contribution in [0, 0.1) is 0 Å². The molecule has 0 unspecified atom stereocenters. The molecule has 0 saturated heterocycles. The molecule has 1 nitrogen and oxygen atoms in total. The van der Waals surface area contributed by atoms with Crippen molar-refractivity contribution >= 4 is 8.32 Å². The van der Waals surface area contributed by atoms with Gasteiger partial charge in [-0.05, 0) is 56.1 Å². The van der Waals surface area contributed by atoms with Gasteiger partial charge >= 0.3 is 0 Å². The van der Waals surface area contributed by atoms with Crippen molar-refractivity contribution in [1.29, 1.82) is 0 Å². The lowest BCUT2D eigenvalue weighted by molar-refractivity contribution is 0.388. The number of hydrogen-bond donors (Lipinski definition) is 0. The molecule has 0 N–H and O–H groups in total. The molecule has 2 rings (SSSR count). The zero-order valence-corrected chi connectivity index (χ0v) is 16.3. The maximum absolute atomic E-state index is 6.24. The first kappa shape index (κ1) is 18.1. The summed E-state index contributed by atoms with van der Waals surface area (Å²) in [6.07, 6.45) is 12.1. The molecule has 23 heavy (non-hydrogen) atoms. The number of hydrogen-bond acceptors (Lipinski definition) is 1. The van der Waals surface area contributed by atoms with E-state index in [0.29, 0.717) is 5.92 Å². The Balaban J connectivity index is 2.18. The van der Waals surface area contributed by atoms with E-state index < -0.39 is 8.32 Å². The van der Waals surface area contributed by atoms with E-state index in [9.17, 15) is 0 Å². The second-order valence-electron chi connectivity index (χ2n) is 7.58. The minimum absolute atomic E-state index is 0.536. The summed E-state index contributed by atoms with van der Waals surface area (Å²) in [6, 6.07) is 11.0. The molecule has 1 atom stereocenters. The monoisotopic (exact) mass is 328 g/mol. The Morgan fingerprint density at radius 1 is 1.13 bits per heavy atom. The largest absolute Gasteiger partial charge is 0.547 e. The Hall–Kier alpha value is -1.28. The van der Waals surface area contributed by atoms with E-state index in [-0.39, 0.29) is 0 Å². The van der Waals surface area contributed by atoms with Gasteiger partial charge in [0, 0.05) is 12.3 Å². The molecular weight excluding hydrogens is 296 g/mol. The predicted molar refractivity (Wildman–Crippen MR) is 103 cm³/mol. The van der Waals surface area contributed by atoms with Gasteiger partial charge in [0.1, 0.15) is 0 Å². The molecule has 0 heterocycles. The fourth-order valence-electron chi connectivity index (χ4n) is 3.15. The van der Waals surface area contributed by atoms with Gasteiger partial charge in [0.15, 0.2) is 0 Å². The average molecular weight is 329 g/mol. The molecule has 0 spiro atoms. The zero-order valence-electron chi connectivity index (χ0n) is 15.3. The summed E-state index contributed by atoms with van der Waals surface area (Å²) >= 11 is 0. The van der Waals surface area contributed by atoms with Crippen LogP contribution in [0.2, 0.25) is 19.6 Å². The number of unbranched alkanes of at least 4 members (excludes halogenated alkanes) is 1. The SMILES string of the molecule is CCCC[C@H](/C=C1\C=C(O[Si](C)(C)C)CCC1)c1ccccc1. The normalized spacial score (nSPS) is 18.6. The van der Waals surface area contributed by atoms with Crippen molar-refractivity contribution in [2.24, 2.45) is 0 Å². The molecule has 126 valence electrons. The van der Waals surface area contributed by atoms with Crippen LogP contribution in [-0.4, -0.2) is 8.32 Å². The van der Waals surface area contributed by atoms with Crippen LogP contribution in [0.15, 0.2) is 53.8 Å². The molecule has 1 aromatic carbocycles. The predicted octanol–water partition coefficient (Wildman–Crippen LogP) is 6.81. The van der Waals surface area contributed by atoms with Crippen molar-refractivity contribution in [2.75, 3.05) is 0 Å². The standard InChI is InChI=1S/C21H32OSi/c1-5-6-12-20(19-13-8-7-9-14-19)16-18-11-10-15-21(17-18)22-23(2,3)4/h7-9,13-14,16-17,20H,5-6,10-12,15H2,1-4H3/b18-16-/t20-/m1/s1. The van der Waals surface area contributed by atoms with Crippen molar-refractivity contribution in [1.82, 2.24) is 0 Å². The zero-order chi connectivity index (χ0) is 16.7. The lowest BCUT2D eigenvalue weighted by Gasteiger charge is -2.25. The topological polar surface area (TPSA) is 9.23 Å². The van der Waals surface area contributed by atoms with Crippen LogP contribution in [-0.2, 0) is 4.43 Å². The highest BCUT2D eigenvalue weighted by molar-refractivity contribution is 6.70. The molecular formula is C21H32OSi. The third-order valence-electron chi connectivity index (χ3n) is 4.18. The molecule has 0 saturated carbocycles. The van der Waals surface area contributed by atoms with Crippen LogP contribution in [0.1, 0.15) is 56.9 Å². The third kappa shape index (κ3) is 6.38. The molecule has 0 bridgehead atoms. The second kappa shape index (κ2) is 8.54. The quantitative estimate of drug-likeness (QED) is 0.500. The molecule has 1 aromatic rings. The van der Waals surface area contributed by atoms with Crippen molar-refractivity contribution in [3.8, 4) is 0 Å². The van der Waals surface area contributed by atoms with Gasteiger partial charge in [-0.15, -0.1) is 0 Å². The summed E-state index contributed by atoms with van der Waals surface area (Å²) in [5.74, 6) is 1.75. The fourth-order valence-corrected chi connectivity index (χ4v) is 4.10. The molecule has 0 radical (unpaired) electrons. The van der Waals surface area contributed by atoms with Gasteiger partial charge in [-0.2, -0.15) is 0 Å². The van der Waals surface area contributed by atoms with Crippen LogP contribution in [0.5, 0.6) is 0 Å². The lowest BCUT2D eigenvalue weighted by Crippen LogP contribution is -2.25. The van der Waals surface area contributed by atoms with Gasteiger partial charge < -0.3 is 4.43 Å². The van der Waals surface area contributed by atoms with Gasteiger partial charge in [-0.3, -0.25) is 0 Å². The Morgan fingerprint density at radius 2 is 1.87 bits per heavy atom. The van der Waals surface area contributed by atoms with E-state index in [1.807, 2.05) is 0 Å². The summed E-state index contributed by atoms with van der Waals surface area (Å²) in [4.78, 5) is 0. The highest BCUT2D eigenvalue weighted by atomic mass is 28.4. The highest BCUT2D eigenvalue weighted by Gasteiger charge is 2.20. The van der Waals surface area contributed by atoms with Crippen LogP contribution in [0.25, 0.3) is 0 Å². The third-order valence-corrected chi connectivity index (χ3v) is 5.06. The first-order valence-corrected chi connectivity index (χ1v) is 12.5. The van der Waals surface area contributed by atoms with E-state index in [2.05, 4.69) is 69.0 Å². The minimum Gasteiger partial charge on any atom is -0.547 e. The smallest absolute Gasteiger partial charge is 0.241 e. The Bertz CT molecular complexity index is 537. The average Bonchev–Trinajstić information content (AvgIpc) is 2.51. The van der Waals surface area contributed by atoms with Gasteiger partial charge in [0.05, 0.1) is 5.76 Å². The van der Waals surface area contributed by atoms with Gasteiger partial charge in [-0.1, -0.05) is 56.2 Å². The molecule has 1 aliphatic rings. The Morgan fingerprint density at radius 3 is 2.52 bits per heavy atom. The fraction of sp³-hybridized carbons (Fsp3) is 0.524. The Labute approximate surface area is 143 Å². The maximum atomic E-state index is 6.24. The molecule has 0 fully saturated rings. The summed E-state index contributed by atoms with van der Waals surface area (Å²) in [5, 5.41) is 0. The molecule has 0 amide bonds. The van der Waals surface area contributed by atoms with Crippen LogP contribution in [0.4, 0.5) is 0 Å². The summed E-state index contributed by atoms with van der Waals surface area (Å²) in [5.41, 5.74) is 2.91. The van der Waals surface area contributed by atoms with E-state index in [4.69, 9.17) is 4.43 Å². The molecule has 2 heteroatoms. The summed E-state index contributed by atoms with van der Waals surface area (Å²) in [6.45, 7) is 9.06. The van der Waals surface area contributed by atoms with Gasteiger partial charge in [0.25, 0.3) is 0 Å². The Kier molecular flexibility index (Phi) is 6.70. The number of benzene rings is 1. The summed E-state index contributed by atoms with van der Waals surface area (Å²) < 4.78 is 6.24. The van der Waals surface area contributed by atoms with Crippen LogP contribution in [0.3, 0.4) is 0 Å². The number of rotatable bonds is 7. The molecule has 0 aliphatic heterocycles. The number of allylic oxidation sites excluding steroid dienone is 4. The first-order chi connectivity index (χ1) is 11.0. The molecule has 1 aliphatic carbocycles. The van der Waals surface area contributed by atoms with E-state index in [1.165, 1.54) is 49.0 Å². The molecule has 0 aromatic heterocycles. The highest BCUT2D eigenvalue weighted by Crippen LogP contribution is 2.30. The van der Waals surface area contributed by atoms with Crippen LogP contribution >= 0.6 is 0 Å². The maximum Gasteiger partial charge on any atom is 0.241 e. The van der Waals surface area contributed by atoms with E-state index >= 15 is 0 Å². The van der Waals surface area contributed by atoms with Crippen molar-refractivity contribution in [3.63, 3.8) is 0 Å². The lowest BCUT2D eigenvalue weighted by atomic mass is 9.89. The van der Waals surface area contributed by atoms with Crippen molar-refractivity contribution < 1.29 is 4.43 Å². The summed E-state index contributed by atoms with van der Waals surface area (Å²) in [7, 11) is -1.49.